The largest absolute Gasteiger partial charge is 0.475 e. The quantitative estimate of drug-likeness (QED) is 0.289. The predicted molar refractivity (Wildman–Crippen MR) is 75.8 cm³/mol. The number of thioether (sulfide) groups is 1. The molecule has 1 aromatic heterocycles. The SMILES string of the molecule is [N-]=[N+]=NCc1ccc2nc(SCC(=O)C(=O)O)sc2c1. The highest BCUT2D eigenvalue weighted by molar-refractivity contribution is 8.01. The van der Waals surface area contributed by atoms with Crippen LogP contribution in [0.15, 0.2) is 27.7 Å². The van der Waals surface area contributed by atoms with Gasteiger partial charge >= 0.3 is 5.97 Å². The molecule has 0 aliphatic carbocycles. The zero-order chi connectivity index (χ0) is 14.5. The maximum atomic E-state index is 11.0. The molecule has 1 N–H and O–H groups in total. The van der Waals surface area contributed by atoms with Crippen LogP contribution in [0.2, 0.25) is 0 Å². The highest BCUT2D eigenvalue weighted by atomic mass is 32.2. The second-order valence-corrected chi connectivity index (χ2v) is 5.94. The first-order valence-electron chi connectivity index (χ1n) is 5.39. The second kappa shape index (κ2) is 6.38. The highest BCUT2D eigenvalue weighted by Gasteiger charge is 2.13. The highest BCUT2D eigenvalue weighted by Crippen LogP contribution is 2.30. The van der Waals surface area contributed by atoms with Gasteiger partial charge in [0.05, 0.1) is 22.5 Å². The maximum absolute atomic E-state index is 11.0. The number of carbonyl (C=O) groups excluding carboxylic acids is 1. The molecule has 20 heavy (non-hydrogen) atoms. The number of nitrogens with zero attached hydrogens (tertiary/aromatic N) is 4. The van der Waals surface area contributed by atoms with Crippen LogP contribution in [-0.2, 0) is 16.1 Å². The summed E-state index contributed by atoms with van der Waals surface area (Å²) in [5.74, 6) is -2.42. The first kappa shape index (κ1) is 14.3. The van der Waals surface area contributed by atoms with Gasteiger partial charge in [0, 0.05) is 4.91 Å². The van der Waals surface area contributed by atoms with E-state index in [1.165, 1.54) is 11.3 Å². The number of aliphatic carboxylic acids is 1. The molecular formula is C11H8N4O3S2. The van der Waals surface area contributed by atoms with Crippen molar-refractivity contribution >= 4 is 45.1 Å². The van der Waals surface area contributed by atoms with Crippen molar-refractivity contribution < 1.29 is 14.7 Å². The van der Waals surface area contributed by atoms with Crippen molar-refractivity contribution in [2.24, 2.45) is 5.11 Å². The first-order chi connectivity index (χ1) is 9.60. The van der Waals surface area contributed by atoms with Gasteiger partial charge in [-0.05, 0) is 23.2 Å². The number of fused-ring (bicyclic) bond motifs is 1. The molecule has 1 heterocycles. The Morgan fingerprint density at radius 1 is 1.50 bits per heavy atom. The lowest BCUT2D eigenvalue weighted by Gasteiger charge is -1.93. The Labute approximate surface area is 121 Å². The summed E-state index contributed by atoms with van der Waals surface area (Å²) in [6.07, 6.45) is 0. The van der Waals surface area contributed by atoms with Crippen molar-refractivity contribution in [3.8, 4) is 0 Å². The summed E-state index contributed by atoms with van der Waals surface area (Å²) in [4.78, 5) is 28.4. The third-order valence-corrected chi connectivity index (χ3v) is 4.48. The third kappa shape index (κ3) is 3.47. The van der Waals surface area contributed by atoms with E-state index in [1.54, 1.807) is 6.07 Å². The topological polar surface area (TPSA) is 116 Å². The fourth-order valence-electron chi connectivity index (χ4n) is 1.41. The van der Waals surface area contributed by atoms with E-state index in [2.05, 4.69) is 15.0 Å². The molecular weight excluding hydrogens is 300 g/mol. The number of carboxylic acid groups (broad SMARTS) is 1. The number of thiazole rings is 1. The molecule has 0 unspecified atom stereocenters. The average Bonchev–Trinajstić information content (AvgIpc) is 2.84. The molecule has 0 aliphatic rings. The van der Waals surface area contributed by atoms with Gasteiger partial charge in [0.25, 0.3) is 0 Å². The fourth-order valence-corrected chi connectivity index (χ4v) is 3.39. The summed E-state index contributed by atoms with van der Waals surface area (Å²) in [5.41, 5.74) is 9.92. The standard InChI is InChI=1S/C11H8N4O3S2/c12-15-13-4-6-1-2-7-9(3-6)20-11(14-7)19-5-8(16)10(17)18/h1-3H,4-5H2,(H,17,18). The lowest BCUT2D eigenvalue weighted by molar-refractivity contribution is -0.147. The van der Waals surface area contributed by atoms with E-state index in [0.717, 1.165) is 27.5 Å². The number of hydrogen-bond donors (Lipinski definition) is 1. The molecule has 1 aromatic carbocycles. The normalized spacial score (nSPS) is 10.2. The summed E-state index contributed by atoms with van der Waals surface area (Å²) in [6, 6.07) is 5.48. The molecule has 0 aliphatic heterocycles. The van der Waals surface area contributed by atoms with Gasteiger partial charge in [-0.1, -0.05) is 22.9 Å². The van der Waals surface area contributed by atoms with E-state index in [1.807, 2.05) is 12.1 Å². The molecule has 2 aromatic rings. The maximum Gasteiger partial charge on any atom is 0.373 e. The number of aromatic nitrogens is 1. The first-order valence-corrected chi connectivity index (χ1v) is 7.19. The fraction of sp³-hybridized carbons (Fsp3) is 0.182. The molecule has 0 spiro atoms. The lowest BCUT2D eigenvalue weighted by atomic mass is 10.2. The van der Waals surface area contributed by atoms with E-state index in [0.29, 0.717) is 4.34 Å². The molecule has 0 fully saturated rings. The molecule has 0 bridgehead atoms. The number of carboxylic acids is 1. The van der Waals surface area contributed by atoms with Crippen LogP contribution in [0.1, 0.15) is 5.56 Å². The van der Waals surface area contributed by atoms with Crippen molar-refractivity contribution in [2.45, 2.75) is 10.9 Å². The van der Waals surface area contributed by atoms with Gasteiger partial charge in [0.1, 0.15) is 0 Å². The summed E-state index contributed by atoms with van der Waals surface area (Å²) in [6.45, 7) is 0.268. The Balaban J connectivity index is 2.14. The molecule has 102 valence electrons. The number of Topliss-reactive ketones (excluding diaryl/α,β-unsaturated/α-hetero) is 1. The van der Waals surface area contributed by atoms with Crippen molar-refractivity contribution in [3.63, 3.8) is 0 Å². The zero-order valence-corrected chi connectivity index (χ0v) is 11.6. The van der Waals surface area contributed by atoms with Gasteiger partial charge in [0.15, 0.2) is 4.34 Å². The number of azide groups is 1. The minimum atomic E-state index is -1.43. The third-order valence-electron chi connectivity index (χ3n) is 2.32. The van der Waals surface area contributed by atoms with Crippen LogP contribution in [0.5, 0.6) is 0 Å². The minimum Gasteiger partial charge on any atom is -0.475 e. The zero-order valence-electron chi connectivity index (χ0n) is 10.0. The summed E-state index contributed by atoms with van der Waals surface area (Å²) in [5, 5.41) is 12.0. The van der Waals surface area contributed by atoms with E-state index < -0.39 is 11.8 Å². The Morgan fingerprint density at radius 3 is 3.00 bits per heavy atom. The second-order valence-electron chi connectivity index (χ2n) is 3.69. The molecule has 0 saturated heterocycles. The molecule has 0 saturated carbocycles. The van der Waals surface area contributed by atoms with Crippen LogP contribution >= 0.6 is 23.1 Å². The summed E-state index contributed by atoms with van der Waals surface area (Å²) in [7, 11) is 0. The van der Waals surface area contributed by atoms with Crippen LogP contribution in [0.4, 0.5) is 0 Å². The van der Waals surface area contributed by atoms with Gasteiger partial charge < -0.3 is 5.11 Å². The van der Waals surface area contributed by atoms with Gasteiger partial charge in [-0.25, -0.2) is 9.78 Å². The number of carbonyl (C=O) groups is 2. The van der Waals surface area contributed by atoms with Gasteiger partial charge in [-0.15, -0.1) is 11.3 Å². The molecule has 0 amide bonds. The predicted octanol–water partition coefficient (Wildman–Crippen LogP) is 2.85. The number of benzene rings is 1. The van der Waals surface area contributed by atoms with Crippen LogP contribution in [0, 0.1) is 0 Å². The number of rotatable bonds is 6. The summed E-state index contributed by atoms with van der Waals surface area (Å²) >= 11 is 2.47. The number of hydrogen-bond acceptors (Lipinski definition) is 6. The van der Waals surface area contributed by atoms with Crippen LogP contribution in [0.3, 0.4) is 0 Å². The molecule has 0 radical (unpaired) electrons. The van der Waals surface area contributed by atoms with Crippen molar-refractivity contribution in [1.29, 1.82) is 0 Å². The van der Waals surface area contributed by atoms with Gasteiger partial charge in [0.2, 0.25) is 5.78 Å². The van der Waals surface area contributed by atoms with Crippen molar-refractivity contribution in [1.82, 2.24) is 4.98 Å². The molecule has 2 rings (SSSR count). The Bertz CT molecular complexity index is 722. The Kier molecular flexibility index (Phi) is 4.57. The van der Waals surface area contributed by atoms with Crippen molar-refractivity contribution in [2.75, 3.05) is 5.75 Å². The average molecular weight is 308 g/mol. The Morgan fingerprint density at radius 2 is 2.30 bits per heavy atom. The van der Waals surface area contributed by atoms with E-state index >= 15 is 0 Å². The van der Waals surface area contributed by atoms with E-state index in [9.17, 15) is 9.59 Å². The van der Waals surface area contributed by atoms with E-state index in [4.69, 9.17) is 10.6 Å². The van der Waals surface area contributed by atoms with Gasteiger partial charge in [-0.2, -0.15) is 0 Å². The van der Waals surface area contributed by atoms with Crippen LogP contribution in [-0.4, -0.2) is 27.6 Å². The van der Waals surface area contributed by atoms with Crippen LogP contribution in [0.25, 0.3) is 20.7 Å². The van der Waals surface area contributed by atoms with Gasteiger partial charge in [-0.3, -0.25) is 4.79 Å². The monoisotopic (exact) mass is 308 g/mol. The Hall–Kier alpha value is -2.09. The smallest absolute Gasteiger partial charge is 0.373 e. The molecule has 9 heteroatoms. The van der Waals surface area contributed by atoms with Crippen molar-refractivity contribution in [3.05, 3.63) is 34.2 Å². The van der Waals surface area contributed by atoms with Crippen LogP contribution < -0.4 is 0 Å². The van der Waals surface area contributed by atoms with E-state index in [-0.39, 0.29) is 12.3 Å². The summed E-state index contributed by atoms with van der Waals surface area (Å²) < 4.78 is 1.54. The molecule has 0 atom stereocenters. The number of ketones is 1. The molecule has 7 nitrogen and oxygen atoms in total. The lowest BCUT2D eigenvalue weighted by Crippen LogP contribution is -2.14. The minimum absolute atomic E-state index is 0.138.